The second-order valence-electron chi connectivity index (χ2n) is 5.45. The van der Waals surface area contributed by atoms with Gasteiger partial charge in [0.05, 0.1) is 13.1 Å². The van der Waals surface area contributed by atoms with Crippen molar-refractivity contribution in [2.75, 3.05) is 6.54 Å². The standard InChI is InChI=1S/C15H19N5O.2ClH/c1-10-3-5-12(6-4-10)14(16)15(21)19-7-8-20-13(9-19)17-11(2)18-20;;/h3-6,14H,7-9,16H2,1-2H3;2*1H. The Bertz CT molecular complexity index is 671. The van der Waals surface area contributed by atoms with Crippen molar-refractivity contribution in [1.29, 1.82) is 0 Å². The highest BCUT2D eigenvalue weighted by Crippen LogP contribution is 2.18. The van der Waals surface area contributed by atoms with Crippen LogP contribution in [-0.4, -0.2) is 32.1 Å². The van der Waals surface area contributed by atoms with E-state index in [2.05, 4.69) is 10.1 Å². The molecule has 126 valence electrons. The van der Waals surface area contributed by atoms with Gasteiger partial charge in [0.25, 0.3) is 0 Å². The lowest BCUT2D eigenvalue weighted by Crippen LogP contribution is -2.43. The Labute approximate surface area is 147 Å². The average Bonchev–Trinajstić information content (AvgIpc) is 2.85. The molecule has 1 amide bonds. The molecule has 6 nitrogen and oxygen atoms in total. The van der Waals surface area contributed by atoms with Crippen LogP contribution in [0, 0.1) is 13.8 Å². The van der Waals surface area contributed by atoms with E-state index >= 15 is 0 Å². The number of carbonyl (C=O) groups is 1. The van der Waals surface area contributed by atoms with Crippen LogP contribution in [0.2, 0.25) is 0 Å². The Morgan fingerprint density at radius 3 is 2.48 bits per heavy atom. The Balaban J connectivity index is 0.00000132. The van der Waals surface area contributed by atoms with Crippen molar-refractivity contribution in [1.82, 2.24) is 19.7 Å². The van der Waals surface area contributed by atoms with E-state index in [4.69, 9.17) is 5.73 Å². The van der Waals surface area contributed by atoms with Crippen LogP contribution in [-0.2, 0) is 17.9 Å². The van der Waals surface area contributed by atoms with Crippen molar-refractivity contribution in [3.8, 4) is 0 Å². The minimum atomic E-state index is -0.624. The van der Waals surface area contributed by atoms with Gasteiger partial charge in [-0.15, -0.1) is 24.8 Å². The van der Waals surface area contributed by atoms with Crippen molar-refractivity contribution in [3.63, 3.8) is 0 Å². The first-order valence-corrected chi connectivity index (χ1v) is 7.06. The predicted octanol–water partition coefficient (Wildman–Crippen LogP) is 1.78. The second-order valence-corrected chi connectivity index (χ2v) is 5.45. The highest BCUT2D eigenvalue weighted by molar-refractivity contribution is 5.85. The number of benzene rings is 1. The number of carbonyl (C=O) groups excluding carboxylic acids is 1. The maximum Gasteiger partial charge on any atom is 0.244 e. The molecule has 2 N–H and O–H groups in total. The third-order valence-corrected chi connectivity index (χ3v) is 3.78. The summed E-state index contributed by atoms with van der Waals surface area (Å²) >= 11 is 0. The molecule has 0 saturated heterocycles. The van der Waals surface area contributed by atoms with Gasteiger partial charge in [-0.3, -0.25) is 4.79 Å². The number of aryl methyl sites for hydroxylation is 2. The van der Waals surface area contributed by atoms with Crippen LogP contribution in [0.4, 0.5) is 0 Å². The van der Waals surface area contributed by atoms with Gasteiger partial charge in [0.15, 0.2) is 0 Å². The van der Waals surface area contributed by atoms with E-state index in [-0.39, 0.29) is 30.7 Å². The van der Waals surface area contributed by atoms with Gasteiger partial charge >= 0.3 is 0 Å². The van der Waals surface area contributed by atoms with E-state index in [1.165, 1.54) is 0 Å². The van der Waals surface area contributed by atoms with E-state index in [0.29, 0.717) is 19.6 Å². The lowest BCUT2D eigenvalue weighted by molar-refractivity contribution is -0.134. The largest absolute Gasteiger partial charge is 0.332 e. The number of hydrogen-bond acceptors (Lipinski definition) is 4. The van der Waals surface area contributed by atoms with Crippen molar-refractivity contribution in [3.05, 3.63) is 47.0 Å². The zero-order valence-corrected chi connectivity index (χ0v) is 14.7. The first kappa shape index (κ1) is 19.4. The van der Waals surface area contributed by atoms with Crippen LogP contribution in [0.25, 0.3) is 0 Å². The molecule has 1 atom stereocenters. The molecule has 1 aliphatic heterocycles. The molecule has 0 spiro atoms. The van der Waals surface area contributed by atoms with E-state index in [1.54, 1.807) is 4.90 Å². The normalized spacial score (nSPS) is 14.3. The molecule has 1 aromatic carbocycles. The zero-order valence-electron chi connectivity index (χ0n) is 13.1. The van der Waals surface area contributed by atoms with E-state index in [0.717, 1.165) is 22.8 Å². The third-order valence-electron chi connectivity index (χ3n) is 3.78. The molecule has 1 aliphatic rings. The van der Waals surface area contributed by atoms with Crippen LogP contribution in [0.1, 0.15) is 28.8 Å². The summed E-state index contributed by atoms with van der Waals surface area (Å²) in [5, 5.41) is 4.29. The number of aromatic nitrogens is 3. The summed E-state index contributed by atoms with van der Waals surface area (Å²) in [5.41, 5.74) is 8.10. The van der Waals surface area contributed by atoms with Gasteiger partial charge in [0.1, 0.15) is 17.7 Å². The number of hydrogen-bond donors (Lipinski definition) is 1. The van der Waals surface area contributed by atoms with Gasteiger partial charge in [0.2, 0.25) is 5.91 Å². The molecular formula is C15H21Cl2N5O. The van der Waals surface area contributed by atoms with Crippen molar-refractivity contribution in [2.45, 2.75) is 33.0 Å². The molecule has 0 aliphatic carbocycles. The summed E-state index contributed by atoms with van der Waals surface area (Å²) in [7, 11) is 0. The Hall–Kier alpha value is -1.63. The first-order chi connectivity index (χ1) is 10.0. The summed E-state index contributed by atoms with van der Waals surface area (Å²) in [6.07, 6.45) is 0. The van der Waals surface area contributed by atoms with Crippen LogP contribution < -0.4 is 5.73 Å². The Morgan fingerprint density at radius 1 is 1.17 bits per heavy atom. The second kappa shape index (κ2) is 7.77. The predicted molar refractivity (Wildman–Crippen MR) is 92.8 cm³/mol. The molecule has 0 saturated carbocycles. The molecule has 0 fully saturated rings. The summed E-state index contributed by atoms with van der Waals surface area (Å²) in [4.78, 5) is 18.6. The highest BCUT2D eigenvalue weighted by Gasteiger charge is 2.27. The maximum atomic E-state index is 12.5. The molecule has 0 radical (unpaired) electrons. The highest BCUT2D eigenvalue weighted by atomic mass is 35.5. The summed E-state index contributed by atoms with van der Waals surface area (Å²) < 4.78 is 1.86. The van der Waals surface area contributed by atoms with Crippen LogP contribution >= 0.6 is 24.8 Å². The fourth-order valence-electron chi connectivity index (χ4n) is 2.56. The number of amides is 1. The topological polar surface area (TPSA) is 77.0 Å². The molecule has 2 aromatic rings. The molecule has 2 heterocycles. The van der Waals surface area contributed by atoms with Gasteiger partial charge < -0.3 is 10.6 Å². The molecule has 1 aromatic heterocycles. The van der Waals surface area contributed by atoms with E-state index in [1.807, 2.05) is 42.8 Å². The monoisotopic (exact) mass is 357 g/mol. The fourth-order valence-corrected chi connectivity index (χ4v) is 2.56. The van der Waals surface area contributed by atoms with Crippen LogP contribution in [0.5, 0.6) is 0 Å². The maximum absolute atomic E-state index is 12.5. The number of nitrogens with zero attached hydrogens (tertiary/aromatic N) is 4. The van der Waals surface area contributed by atoms with Gasteiger partial charge in [-0.05, 0) is 19.4 Å². The van der Waals surface area contributed by atoms with Crippen LogP contribution in [0.3, 0.4) is 0 Å². The quantitative estimate of drug-likeness (QED) is 0.888. The van der Waals surface area contributed by atoms with Crippen molar-refractivity contribution in [2.24, 2.45) is 5.73 Å². The van der Waals surface area contributed by atoms with E-state index < -0.39 is 6.04 Å². The lowest BCUT2D eigenvalue weighted by atomic mass is 10.0. The third kappa shape index (κ3) is 4.02. The minimum absolute atomic E-state index is 0. The number of halogens is 2. The van der Waals surface area contributed by atoms with Gasteiger partial charge in [-0.2, -0.15) is 5.10 Å². The molecule has 1 unspecified atom stereocenters. The van der Waals surface area contributed by atoms with Gasteiger partial charge in [-0.25, -0.2) is 9.67 Å². The van der Waals surface area contributed by atoms with E-state index in [9.17, 15) is 4.79 Å². The zero-order chi connectivity index (χ0) is 15.0. The van der Waals surface area contributed by atoms with Gasteiger partial charge in [-0.1, -0.05) is 29.8 Å². The Kier molecular flexibility index (Phi) is 6.56. The Morgan fingerprint density at radius 2 is 1.83 bits per heavy atom. The number of fused-ring (bicyclic) bond motifs is 1. The first-order valence-electron chi connectivity index (χ1n) is 7.06. The molecule has 3 rings (SSSR count). The lowest BCUT2D eigenvalue weighted by Gasteiger charge is -2.29. The number of rotatable bonds is 2. The molecular weight excluding hydrogens is 337 g/mol. The van der Waals surface area contributed by atoms with Crippen molar-refractivity contribution >= 4 is 30.7 Å². The average molecular weight is 358 g/mol. The summed E-state index contributed by atoms with van der Waals surface area (Å²) in [6, 6.07) is 7.14. The van der Waals surface area contributed by atoms with Crippen LogP contribution in [0.15, 0.2) is 24.3 Å². The number of nitrogens with two attached hydrogens (primary N) is 1. The van der Waals surface area contributed by atoms with Crippen molar-refractivity contribution < 1.29 is 4.79 Å². The SMILES string of the molecule is Cc1ccc(C(N)C(=O)N2CCn3nc(C)nc3C2)cc1.Cl.Cl. The molecule has 0 bridgehead atoms. The minimum Gasteiger partial charge on any atom is -0.332 e. The molecule has 23 heavy (non-hydrogen) atoms. The molecule has 8 heteroatoms. The smallest absolute Gasteiger partial charge is 0.244 e. The summed E-state index contributed by atoms with van der Waals surface area (Å²) in [6.45, 7) is 5.63. The summed E-state index contributed by atoms with van der Waals surface area (Å²) in [5.74, 6) is 1.50. The fraction of sp³-hybridized carbons (Fsp3) is 0.400. The van der Waals surface area contributed by atoms with Gasteiger partial charge in [0, 0.05) is 6.54 Å².